The van der Waals surface area contributed by atoms with Crippen LogP contribution in [0.5, 0.6) is 0 Å². The van der Waals surface area contributed by atoms with Crippen molar-refractivity contribution in [1.29, 1.82) is 0 Å². The number of hydrogen-bond acceptors (Lipinski definition) is 4. The van der Waals surface area contributed by atoms with Crippen LogP contribution in [0.1, 0.15) is 33.2 Å². The zero-order chi connectivity index (χ0) is 14.0. The summed E-state index contributed by atoms with van der Waals surface area (Å²) in [4.78, 5) is 16.6. The second kappa shape index (κ2) is 5.71. The molecule has 0 radical (unpaired) electrons. The van der Waals surface area contributed by atoms with Crippen molar-refractivity contribution in [1.82, 2.24) is 4.98 Å². The number of nitrogens with zero attached hydrogens (tertiary/aromatic N) is 1. The molecule has 0 spiro atoms. The number of anilines is 1. The topological polar surface area (TPSA) is 62.2 Å². The van der Waals surface area contributed by atoms with Crippen molar-refractivity contribution in [3.8, 4) is 0 Å². The molecule has 2 N–H and O–H groups in total. The van der Waals surface area contributed by atoms with Crippen molar-refractivity contribution in [2.75, 3.05) is 5.32 Å². The van der Waals surface area contributed by atoms with E-state index in [-0.39, 0.29) is 11.6 Å². The average Bonchev–Trinajstić information content (AvgIpc) is 2.75. The molecule has 2 rings (SSSR count). The number of aromatic nitrogens is 1. The Labute approximate surface area is 123 Å². The van der Waals surface area contributed by atoms with Gasteiger partial charge in [0.05, 0.1) is 17.3 Å². The highest BCUT2D eigenvalue weighted by Crippen LogP contribution is 2.27. The molecule has 1 atom stereocenters. The number of carboxylic acid groups (broad SMARTS) is 1. The molecule has 1 aromatic carbocycles. The predicted molar refractivity (Wildman–Crippen MR) is 80.0 cm³/mol. The van der Waals surface area contributed by atoms with Gasteiger partial charge in [0.1, 0.15) is 5.01 Å². The van der Waals surface area contributed by atoms with Gasteiger partial charge in [-0.3, -0.25) is 0 Å². The molecule has 0 aliphatic rings. The number of aromatic carboxylic acids is 1. The van der Waals surface area contributed by atoms with Crippen molar-refractivity contribution in [2.45, 2.75) is 19.9 Å². The van der Waals surface area contributed by atoms with E-state index in [1.807, 2.05) is 20.0 Å². The van der Waals surface area contributed by atoms with Crippen LogP contribution in [-0.4, -0.2) is 16.1 Å². The summed E-state index contributed by atoms with van der Waals surface area (Å²) in [6.07, 6.45) is 1.82. The largest absolute Gasteiger partial charge is 0.478 e. The van der Waals surface area contributed by atoms with Gasteiger partial charge in [-0.1, -0.05) is 15.9 Å². The normalized spacial score (nSPS) is 12.2. The summed E-state index contributed by atoms with van der Waals surface area (Å²) >= 11 is 4.95. The van der Waals surface area contributed by atoms with Crippen LogP contribution < -0.4 is 5.32 Å². The lowest BCUT2D eigenvalue weighted by Crippen LogP contribution is -2.10. The van der Waals surface area contributed by atoms with E-state index in [1.54, 1.807) is 29.5 Å². The Morgan fingerprint density at radius 1 is 1.53 bits per heavy atom. The van der Waals surface area contributed by atoms with Crippen molar-refractivity contribution in [2.24, 2.45) is 0 Å². The zero-order valence-corrected chi connectivity index (χ0v) is 12.9. The first-order valence-corrected chi connectivity index (χ1v) is 7.30. The summed E-state index contributed by atoms with van der Waals surface area (Å²) in [5, 5.41) is 13.3. The third-order valence-electron chi connectivity index (χ3n) is 2.59. The lowest BCUT2D eigenvalue weighted by atomic mass is 10.1. The highest BCUT2D eigenvalue weighted by molar-refractivity contribution is 9.10. The van der Waals surface area contributed by atoms with Crippen LogP contribution in [0.15, 0.2) is 28.9 Å². The van der Waals surface area contributed by atoms with Crippen LogP contribution in [-0.2, 0) is 0 Å². The maximum atomic E-state index is 11.2. The first kappa shape index (κ1) is 14.0. The number of nitrogens with one attached hydrogen (secondary N) is 1. The van der Waals surface area contributed by atoms with E-state index < -0.39 is 5.97 Å². The number of rotatable bonds is 4. The standard InChI is InChI=1S/C13H13BrN2O2S/c1-7-6-15-12(19-7)8(2)16-11-5-9(14)3-4-10(11)13(17)18/h3-6,8,16H,1-2H3,(H,17,18). The Morgan fingerprint density at radius 3 is 2.84 bits per heavy atom. The molecule has 0 fully saturated rings. The molecule has 0 amide bonds. The minimum atomic E-state index is -0.947. The SMILES string of the molecule is Cc1cnc(C(C)Nc2cc(Br)ccc2C(=O)O)s1. The zero-order valence-electron chi connectivity index (χ0n) is 10.5. The van der Waals surface area contributed by atoms with Crippen molar-refractivity contribution >= 4 is 38.9 Å². The highest BCUT2D eigenvalue weighted by atomic mass is 79.9. The molecule has 19 heavy (non-hydrogen) atoms. The van der Waals surface area contributed by atoms with Gasteiger partial charge in [0.2, 0.25) is 0 Å². The fourth-order valence-electron chi connectivity index (χ4n) is 1.69. The van der Waals surface area contributed by atoms with Crippen LogP contribution in [0.4, 0.5) is 5.69 Å². The number of hydrogen-bond donors (Lipinski definition) is 2. The predicted octanol–water partition coefficient (Wildman–Crippen LogP) is 4.09. The molecule has 1 aromatic heterocycles. The third kappa shape index (κ3) is 3.33. The van der Waals surface area contributed by atoms with Gasteiger partial charge in [0, 0.05) is 15.5 Å². The highest BCUT2D eigenvalue weighted by Gasteiger charge is 2.15. The van der Waals surface area contributed by atoms with Crippen LogP contribution in [0.3, 0.4) is 0 Å². The number of halogens is 1. The maximum Gasteiger partial charge on any atom is 0.337 e. The van der Waals surface area contributed by atoms with Crippen molar-refractivity contribution < 1.29 is 9.90 Å². The quantitative estimate of drug-likeness (QED) is 0.879. The molecule has 4 nitrogen and oxygen atoms in total. The summed E-state index contributed by atoms with van der Waals surface area (Å²) in [5.41, 5.74) is 0.838. The Balaban J connectivity index is 2.27. The van der Waals surface area contributed by atoms with E-state index in [0.717, 1.165) is 14.4 Å². The molecule has 0 aliphatic carbocycles. The minimum Gasteiger partial charge on any atom is -0.478 e. The van der Waals surface area contributed by atoms with Crippen molar-refractivity contribution in [3.05, 3.63) is 44.3 Å². The second-order valence-corrected chi connectivity index (χ2v) is 6.35. The Morgan fingerprint density at radius 2 is 2.26 bits per heavy atom. The molecule has 2 aromatic rings. The Kier molecular flexibility index (Phi) is 4.21. The van der Waals surface area contributed by atoms with Gasteiger partial charge in [-0.15, -0.1) is 11.3 Å². The van der Waals surface area contributed by atoms with Gasteiger partial charge in [0.15, 0.2) is 0 Å². The van der Waals surface area contributed by atoms with Crippen LogP contribution in [0.25, 0.3) is 0 Å². The van der Waals surface area contributed by atoms with E-state index in [1.165, 1.54) is 0 Å². The molecule has 0 bridgehead atoms. The summed E-state index contributed by atoms with van der Waals surface area (Å²) in [6.45, 7) is 3.96. The molecule has 0 aliphatic heterocycles. The van der Waals surface area contributed by atoms with E-state index in [4.69, 9.17) is 0 Å². The first-order chi connectivity index (χ1) is 8.97. The lowest BCUT2D eigenvalue weighted by molar-refractivity contribution is 0.0698. The number of carbonyl (C=O) groups is 1. The summed E-state index contributed by atoms with van der Waals surface area (Å²) in [6, 6.07) is 5.02. The fourth-order valence-corrected chi connectivity index (χ4v) is 2.83. The van der Waals surface area contributed by atoms with Gasteiger partial charge >= 0.3 is 5.97 Å². The Bertz CT molecular complexity index is 612. The summed E-state index contributed by atoms with van der Waals surface area (Å²) < 4.78 is 0.836. The first-order valence-electron chi connectivity index (χ1n) is 5.69. The van der Waals surface area contributed by atoms with Crippen molar-refractivity contribution in [3.63, 3.8) is 0 Å². The molecule has 1 unspecified atom stereocenters. The molecular weight excluding hydrogens is 328 g/mol. The van der Waals surface area contributed by atoms with E-state index >= 15 is 0 Å². The number of benzene rings is 1. The van der Waals surface area contributed by atoms with Gasteiger partial charge in [-0.05, 0) is 32.0 Å². The Hall–Kier alpha value is -1.40. The van der Waals surface area contributed by atoms with Crippen LogP contribution in [0.2, 0.25) is 0 Å². The smallest absolute Gasteiger partial charge is 0.337 e. The minimum absolute atomic E-state index is 0.0360. The van der Waals surface area contributed by atoms with Gasteiger partial charge < -0.3 is 10.4 Å². The van der Waals surface area contributed by atoms with Gasteiger partial charge in [-0.25, -0.2) is 9.78 Å². The molecule has 6 heteroatoms. The maximum absolute atomic E-state index is 11.2. The third-order valence-corrected chi connectivity index (χ3v) is 4.18. The van der Waals surface area contributed by atoms with E-state index in [2.05, 4.69) is 26.2 Å². The van der Waals surface area contributed by atoms with Crippen LogP contribution in [0, 0.1) is 6.92 Å². The van der Waals surface area contributed by atoms with Crippen LogP contribution >= 0.6 is 27.3 Å². The lowest BCUT2D eigenvalue weighted by Gasteiger charge is -2.15. The molecule has 0 saturated heterocycles. The fraction of sp³-hybridized carbons (Fsp3) is 0.231. The number of thiazole rings is 1. The van der Waals surface area contributed by atoms with E-state index in [9.17, 15) is 9.90 Å². The monoisotopic (exact) mass is 340 g/mol. The summed E-state index contributed by atoms with van der Waals surface area (Å²) in [7, 11) is 0. The summed E-state index contributed by atoms with van der Waals surface area (Å²) in [5.74, 6) is -0.947. The molecular formula is C13H13BrN2O2S. The average molecular weight is 341 g/mol. The number of aryl methyl sites for hydroxylation is 1. The van der Waals surface area contributed by atoms with Gasteiger partial charge in [-0.2, -0.15) is 0 Å². The van der Waals surface area contributed by atoms with Gasteiger partial charge in [0.25, 0.3) is 0 Å². The van der Waals surface area contributed by atoms with E-state index in [0.29, 0.717) is 5.69 Å². The molecule has 100 valence electrons. The number of carboxylic acids is 1. The molecule has 0 saturated carbocycles. The second-order valence-electron chi connectivity index (χ2n) is 4.17. The molecule has 1 heterocycles.